The van der Waals surface area contributed by atoms with Crippen molar-refractivity contribution >= 4 is 27.3 Å². The SMILES string of the molecule is CCOC(=O)CCCNS(=O)(=O)c1ccc(C)s1. The zero-order valence-corrected chi connectivity index (χ0v) is 12.1. The Morgan fingerprint density at radius 1 is 1.44 bits per heavy atom. The van der Waals surface area contributed by atoms with Gasteiger partial charge in [0.25, 0.3) is 0 Å². The number of nitrogens with one attached hydrogen (secondary N) is 1. The molecular formula is C11H17NO4S2. The fourth-order valence-corrected chi connectivity index (χ4v) is 3.70. The van der Waals surface area contributed by atoms with Crippen LogP contribution in [0.15, 0.2) is 16.3 Å². The molecule has 0 saturated carbocycles. The van der Waals surface area contributed by atoms with E-state index in [1.54, 1.807) is 19.1 Å². The fourth-order valence-electron chi connectivity index (χ4n) is 1.30. The van der Waals surface area contributed by atoms with Crippen LogP contribution in [-0.2, 0) is 19.6 Å². The van der Waals surface area contributed by atoms with Crippen molar-refractivity contribution in [3.8, 4) is 0 Å². The molecule has 0 fully saturated rings. The number of esters is 1. The minimum absolute atomic E-state index is 0.222. The molecule has 0 atom stereocenters. The van der Waals surface area contributed by atoms with Crippen LogP contribution in [0.4, 0.5) is 0 Å². The molecule has 1 aromatic heterocycles. The maximum Gasteiger partial charge on any atom is 0.305 e. The van der Waals surface area contributed by atoms with Gasteiger partial charge >= 0.3 is 5.97 Å². The van der Waals surface area contributed by atoms with Gasteiger partial charge in [-0.1, -0.05) is 0 Å². The Morgan fingerprint density at radius 3 is 2.72 bits per heavy atom. The normalized spacial score (nSPS) is 11.4. The van der Waals surface area contributed by atoms with Crippen LogP contribution < -0.4 is 4.72 Å². The second kappa shape index (κ2) is 6.86. The lowest BCUT2D eigenvalue weighted by atomic mass is 10.3. The van der Waals surface area contributed by atoms with E-state index in [-0.39, 0.29) is 18.9 Å². The van der Waals surface area contributed by atoms with Crippen molar-refractivity contribution in [3.05, 3.63) is 17.0 Å². The highest BCUT2D eigenvalue weighted by Gasteiger charge is 2.15. The summed E-state index contributed by atoms with van der Waals surface area (Å²) in [5.74, 6) is -0.302. The molecule has 1 heterocycles. The van der Waals surface area contributed by atoms with Crippen molar-refractivity contribution in [3.63, 3.8) is 0 Å². The second-order valence-corrected chi connectivity index (χ2v) is 6.95. The van der Waals surface area contributed by atoms with E-state index in [1.807, 2.05) is 6.92 Å². The zero-order chi connectivity index (χ0) is 13.6. The molecular weight excluding hydrogens is 274 g/mol. The highest BCUT2D eigenvalue weighted by atomic mass is 32.2. The Balaban J connectivity index is 2.37. The number of hydrogen-bond acceptors (Lipinski definition) is 5. The first-order valence-corrected chi connectivity index (χ1v) is 7.97. The maximum atomic E-state index is 11.8. The third-order valence-corrected chi connectivity index (χ3v) is 5.09. The molecule has 1 aromatic rings. The molecule has 0 saturated heterocycles. The number of carbonyl (C=O) groups is 1. The molecule has 1 N–H and O–H groups in total. The van der Waals surface area contributed by atoms with Crippen molar-refractivity contribution < 1.29 is 17.9 Å². The van der Waals surface area contributed by atoms with E-state index < -0.39 is 10.0 Å². The Kier molecular flexibility index (Phi) is 5.77. The lowest BCUT2D eigenvalue weighted by molar-refractivity contribution is -0.143. The quantitative estimate of drug-likeness (QED) is 0.613. The van der Waals surface area contributed by atoms with Crippen LogP contribution in [0.25, 0.3) is 0 Å². The number of rotatable bonds is 7. The van der Waals surface area contributed by atoms with E-state index in [9.17, 15) is 13.2 Å². The topological polar surface area (TPSA) is 72.5 Å². The molecule has 0 unspecified atom stereocenters. The van der Waals surface area contributed by atoms with E-state index in [0.29, 0.717) is 17.2 Å². The summed E-state index contributed by atoms with van der Waals surface area (Å²) in [7, 11) is -3.43. The number of carbonyl (C=O) groups excluding carboxylic acids is 1. The standard InChI is InChI=1S/C11H17NO4S2/c1-3-16-10(13)5-4-8-12-18(14,15)11-7-6-9(2)17-11/h6-7,12H,3-5,8H2,1-2H3. The Bertz CT molecular complexity index is 493. The smallest absolute Gasteiger partial charge is 0.305 e. The first kappa shape index (κ1) is 15.1. The molecule has 0 radical (unpaired) electrons. The van der Waals surface area contributed by atoms with Crippen LogP contribution in [0.2, 0.25) is 0 Å². The van der Waals surface area contributed by atoms with Gasteiger partial charge in [-0.25, -0.2) is 13.1 Å². The highest BCUT2D eigenvalue weighted by Crippen LogP contribution is 2.20. The van der Waals surface area contributed by atoms with Crippen LogP contribution in [0.5, 0.6) is 0 Å². The van der Waals surface area contributed by atoms with E-state index >= 15 is 0 Å². The van der Waals surface area contributed by atoms with E-state index in [0.717, 1.165) is 4.88 Å². The number of sulfonamides is 1. The van der Waals surface area contributed by atoms with Crippen LogP contribution in [0.3, 0.4) is 0 Å². The van der Waals surface area contributed by atoms with Gasteiger partial charge in [0.15, 0.2) is 0 Å². The van der Waals surface area contributed by atoms with Gasteiger partial charge in [0.1, 0.15) is 4.21 Å². The van der Waals surface area contributed by atoms with Crippen molar-refractivity contribution in [2.75, 3.05) is 13.2 Å². The summed E-state index contributed by atoms with van der Waals surface area (Å²) in [4.78, 5) is 12.0. The molecule has 18 heavy (non-hydrogen) atoms. The molecule has 0 amide bonds. The molecule has 0 bridgehead atoms. The third-order valence-electron chi connectivity index (χ3n) is 2.14. The fraction of sp³-hybridized carbons (Fsp3) is 0.545. The van der Waals surface area contributed by atoms with Gasteiger partial charge in [-0.05, 0) is 32.4 Å². The van der Waals surface area contributed by atoms with E-state index in [2.05, 4.69) is 4.72 Å². The minimum atomic E-state index is -3.43. The Hall–Kier alpha value is -0.920. The van der Waals surface area contributed by atoms with Crippen LogP contribution in [0, 0.1) is 6.92 Å². The molecule has 5 nitrogen and oxygen atoms in total. The van der Waals surface area contributed by atoms with Gasteiger partial charge in [0.05, 0.1) is 6.61 Å². The van der Waals surface area contributed by atoms with Crippen molar-refractivity contribution in [1.82, 2.24) is 4.72 Å². The molecule has 102 valence electrons. The second-order valence-electron chi connectivity index (χ2n) is 3.67. The predicted molar refractivity (Wildman–Crippen MR) is 70.1 cm³/mol. The number of hydrogen-bond donors (Lipinski definition) is 1. The summed E-state index contributed by atoms with van der Waals surface area (Å²) in [6.07, 6.45) is 0.655. The van der Waals surface area contributed by atoms with Gasteiger partial charge in [0.2, 0.25) is 10.0 Å². The summed E-state index contributed by atoms with van der Waals surface area (Å²) < 4.78 is 31.1. The highest BCUT2D eigenvalue weighted by molar-refractivity contribution is 7.91. The van der Waals surface area contributed by atoms with Crippen molar-refractivity contribution in [1.29, 1.82) is 0 Å². The number of thiophene rings is 1. The average Bonchev–Trinajstić information content (AvgIpc) is 2.72. The molecule has 0 aliphatic rings. The zero-order valence-electron chi connectivity index (χ0n) is 10.4. The van der Waals surface area contributed by atoms with Crippen LogP contribution in [-0.4, -0.2) is 27.5 Å². The molecule has 0 aromatic carbocycles. The van der Waals surface area contributed by atoms with Gasteiger partial charge in [-0.15, -0.1) is 11.3 Å². The molecule has 1 rings (SSSR count). The van der Waals surface area contributed by atoms with Crippen molar-refractivity contribution in [2.24, 2.45) is 0 Å². The van der Waals surface area contributed by atoms with E-state index in [4.69, 9.17) is 4.74 Å². The van der Waals surface area contributed by atoms with Crippen LogP contribution in [0.1, 0.15) is 24.6 Å². The largest absolute Gasteiger partial charge is 0.466 e. The Morgan fingerprint density at radius 2 is 2.17 bits per heavy atom. The monoisotopic (exact) mass is 291 g/mol. The summed E-state index contributed by atoms with van der Waals surface area (Å²) >= 11 is 1.23. The molecule has 0 spiro atoms. The van der Waals surface area contributed by atoms with Crippen molar-refractivity contribution in [2.45, 2.75) is 30.9 Å². The lowest BCUT2D eigenvalue weighted by Gasteiger charge is -2.04. The predicted octanol–water partition coefficient (Wildman–Crippen LogP) is 1.68. The molecule has 0 aliphatic heterocycles. The van der Waals surface area contributed by atoms with Gasteiger partial charge < -0.3 is 4.74 Å². The summed E-state index contributed by atoms with van der Waals surface area (Å²) in [6, 6.07) is 3.34. The maximum absolute atomic E-state index is 11.8. The van der Waals surface area contributed by atoms with E-state index in [1.165, 1.54) is 11.3 Å². The lowest BCUT2D eigenvalue weighted by Crippen LogP contribution is -2.24. The minimum Gasteiger partial charge on any atom is -0.466 e. The summed E-state index contributed by atoms with van der Waals surface area (Å²) in [5, 5.41) is 0. The van der Waals surface area contributed by atoms with Gasteiger partial charge in [-0.2, -0.15) is 0 Å². The van der Waals surface area contributed by atoms with Gasteiger partial charge in [0, 0.05) is 17.8 Å². The van der Waals surface area contributed by atoms with Gasteiger partial charge in [-0.3, -0.25) is 4.79 Å². The molecule has 0 aliphatic carbocycles. The Labute approximate surface area is 111 Å². The molecule has 7 heteroatoms. The number of aryl methyl sites for hydroxylation is 1. The summed E-state index contributed by atoms with van der Waals surface area (Å²) in [5.41, 5.74) is 0. The first-order chi connectivity index (χ1) is 8.45. The average molecular weight is 291 g/mol. The number of ether oxygens (including phenoxy) is 1. The first-order valence-electron chi connectivity index (χ1n) is 5.67. The summed E-state index contributed by atoms with van der Waals surface area (Å²) in [6.45, 7) is 4.17. The third kappa shape index (κ3) is 4.75. The van der Waals surface area contributed by atoms with Crippen LogP contribution >= 0.6 is 11.3 Å².